The zero-order valence-electron chi connectivity index (χ0n) is 23.5. The molecule has 5 rings (SSSR count). The van der Waals surface area contributed by atoms with Gasteiger partial charge in [-0.25, -0.2) is 0 Å². The molecule has 226 valence electrons. The summed E-state index contributed by atoms with van der Waals surface area (Å²) in [7, 11) is 0. The van der Waals surface area contributed by atoms with E-state index in [1.807, 2.05) is 35.2 Å². The van der Waals surface area contributed by atoms with Gasteiger partial charge in [0, 0.05) is 48.9 Å². The van der Waals surface area contributed by atoms with Crippen LogP contribution in [-0.2, 0) is 0 Å². The molecule has 1 aliphatic heterocycles. The number of benzene rings is 3. The fraction of sp³-hybridized carbons (Fsp3) is 0.312. The van der Waals surface area contributed by atoms with E-state index < -0.39 is 12.8 Å². The van der Waals surface area contributed by atoms with Crippen LogP contribution < -0.4 is 20.4 Å². The summed E-state index contributed by atoms with van der Waals surface area (Å²) in [6, 6.07) is 18.9. The van der Waals surface area contributed by atoms with Crippen molar-refractivity contribution in [2.75, 3.05) is 50.8 Å². The van der Waals surface area contributed by atoms with Gasteiger partial charge in [-0.1, -0.05) is 48.0 Å². The molecular formula is C32H31ClF3N3O4. The first-order chi connectivity index (χ1) is 20.6. The van der Waals surface area contributed by atoms with Gasteiger partial charge in [-0.3, -0.25) is 14.5 Å². The first-order valence-corrected chi connectivity index (χ1v) is 14.3. The number of ether oxygens (including phenoxy) is 1. The van der Waals surface area contributed by atoms with Gasteiger partial charge in [0.15, 0.2) is 17.6 Å². The SMILES string of the molecule is Cc1c(-c2ccccc2)oc2c(C(=O)NCCCN3CCN(c4cc(Cl)ccc4OCC(F)(F)F)CC3)cccc2c1=O. The normalized spacial score (nSPS) is 14.2. The molecule has 0 atom stereocenters. The minimum absolute atomic E-state index is 0.146. The van der Waals surface area contributed by atoms with Crippen molar-refractivity contribution in [3.63, 3.8) is 0 Å². The van der Waals surface area contributed by atoms with Gasteiger partial charge < -0.3 is 19.4 Å². The summed E-state index contributed by atoms with van der Waals surface area (Å²) in [6.45, 7) is 4.05. The van der Waals surface area contributed by atoms with E-state index in [4.69, 9.17) is 20.8 Å². The number of anilines is 1. The minimum Gasteiger partial charge on any atom is -0.482 e. The standard InChI is InChI=1S/C32H31ClF3N3O4/c1-21-28(40)24-9-5-10-25(30(24)43-29(21)22-7-3-2-4-8-22)31(41)37-13-6-14-38-15-17-39(18-16-38)26-19-23(33)11-12-27(26)42-20-32(34,35)36/h2-5,7-12,19H,6,13-18,20H2,1H3,(H,37,41). The van der Waals surface area contributed by atoms with E-state index in [1.165, 1.54) is 12.1 Å². The second-order valence-electron chi connectivity index (χ2n) is 10.4. The number of nitrogens with zero attached hydrogens (tertiary/aromatic N) is 2. The molecular weight excluding hydrogens is 583 g/mol. The summed E-state index contributed by atoms with van der Waals surface area (Å²) in [5, 5.41) is 3.71. The average molecular weight is 614 g/mol. The Morgan fingerprint density at radius 2 is 1.77 bits per heavy atom. The maximum absolute atomic E-state index is 13.1. The molecule has 1 fully saturated rings. The number of para-hydroxylation sites is 1. The van der Waals surface area contributed by atoms with Crippen LogP contribution in [0, 0.1) is 6.92 Å². The van der Waals surface area contributed by atoms with E-state index in [1.54, 1.807) is 31.2 Å². The number of hydrogen-bond donors (Lipinski definition) is 1. The monoisotopic (exact) mass is 613 g/mol. The molecule has 0 unspecified atom stereocenters. The molecule has 1 aliphatic rings. The molecule has 3 aromatic carbocycles. The van der Waals surface area contributed by atoms with Gasteiger partial charge in [0.25, 0.3) is 5.91 Å². The molecule has 1 N–H and O–H groups in total. The third-order valence-corrected chi connectivity index (χ3v) is 7.62. The van der Waals surface area contributed by atoms with Gasteiger partial charge in [-0.05, 0) is 50.2 Å². The Morgan fingerprint density at radius 1 is 1.02 bits per heavy atom. The van der Waals surface area contributed by atoms with Crippen molar-refractivity contribution < 1.29 is 27.1 Å². The highest BCUT2D eigenvalue weighted by atomic mass is 35.5. The molecule has 0 saturated carbocycles. The van der Waals surface area contributed by atoms with E-state index in [-0.39, 0.29) is 22.7 Å². The van der Waals surface area contributed by atoms with Crippen LogP contribution in [0.5, 0.6) is 5.75 Å². The summed E-state index contributed by atoms with van der Waals surface area (Å²) in [5.74, 6) is 0.260. The number of carbonyl (C=O) groups is 1. The topological polar surface area (TPSA) is 75.0 Å². The summed E-state index contributed by atoms with van der Waals surface area (Å²) in [5.41, 5.74) is 2.16. The summed E-state index contributed by atoms with van der Waals surface area (Å²) in [4.78, 5) is 30.4. The van der Waals surface area contributed by atoms with E-state index >= 15 is 0 Å². The van der Waals surface area contributed by atoms with Crippen molar-refractivity contribution in [1.82, 2.24) is 10.2 Å². The van der Waals surface area contributed by atoms with Crippen LogP contribution in [0.15, 0.2) is 75.9 Å². The van der Waals surface area contributed by atoms with Crippen LogP contribution in [0.1, 0.15) is 22.3 Å². The molecule has 0 radical (unpaired) electrons. The van der Waals surface area contributed by atoms with Crippen LogP contribution in [0.3, 0.4) is 0 Å². The van der Waals surface area contributed by atoms with Crippen molar-refractivity contribution in [2.24, 2.45) is 0 Å². The van der Waals surface area contributed by atoms with Crippen LogP contribution in [0.25, 0.3) is 22.3 Å². The molecule has 2 heterocycles. The highest BCUT2D eigenvalue weighted by molar-refractivity contribution is 6.31. The predicted molar refractivity (Wildman–Crippen MR) is 161 cm³/mol. The Labute approximate surface area is 251 Å². The van der Waals surface area contributed by atoms with Crippen LogP contribution >= 0.6 is 11.6 Å². The fourth-order valence-electron chi connectivity index (χ4n) is 5.18. The first-order valence-electron chi connectivity index (χ1n) is 14.0. The lowest BCUT2D eigenvalue weighted by atomic mass is 10.0. The Hall–Kier alpha value is -4.02. The van der Waals surface area contributed by atoms with E-state index in [0.29, 0.717) is 72.1 Å². The fourth-order valence-corrected chi connectivity index (χ4v) is 5.35. The number of rotatable bonds is 9. The lowest BCUT2D eigenvalue weighted by Gasteiger charge is -2.36. The third kappa shape index (κ3) is 7.32. The average Bonchev–Trinajstić information content (AvgIpc) is 3.00. The van der Waals surface area contributed by atoms with Gasteiger partial charge in [0.2, 0.25) is 0 Å². The Balaban J connectivity index is 1.17. The molecule has 0 bridgehead atoms. The highest BCUT2D eigenvalue weighted by Crippen LogP contribution is 2.33. The van der Waals surface area contributed by atoms with Crippen LogP contribution in [0.2, 0.25) is 5.02 Å². The number of amides is 1. The second kappa shape index (κ2) is 13.1. The van der Waals surface area contributed by atoms with E-state index in [2.05, 4.69) is 10.2 Å². The smallest absolute Gasteiger partial charge is 0.422 e. The number of piperazine rings is 1. The zero-order valence-corrected chi connectivity index (χ0v) is 24.3. The maximum Gasteiger partial charge on any atom is 0.422 e. The number of carbonyl (C=O) groups excluding carboxylic acids is 1. The quantitative estimate of drug-likeness (QED) is 0.223. The minimum atomic E-state index is -4.43. The van der Waals surface area contributed by atoms with Crippen molar-refractivity contribution >= 4 is 34.2 Å². The lowest BCUT2D eigenvalue weighted by Crippen LogP contribution is -2.47. The van der Waals surface area contributed by atoms with Gasteiger partial charge in [0.1, 0.15) is 11.5 Å². The van der Waals surface area contributed by atoms with E-state index in [9.17, 15) is 22.8 Å². The molecule has 4 aromatic rings. The summed E-state index contributed by atoms with van der Waals surface area (Å²) < 4.78 is 49.3. The first kappa shape index (κ1) is 30.4. The summed E-state index contributed by atoms with van der Waals surface area (Å²) in [6.07, 6.45) is -3.75. The Bertz CT molecular complexity index is 1650. The largest absolute Gasteiger partial charge is 0.482 e. The molecule has 0 spiro atoms. The van der Waals surface area contributed by atoms with Crippen LogP contribution in [0.4, 0.5) is 18.9 Å². The maximum atomic E-state index is 13.1. The highest BCUT2D eigenvalue weighted by Gasteiger charge is 2.29. The molecule has 1 saturated heterocycles. The van der Waals surface area contributed by atoms with Gasteiger partial charge in [-0.15, -0.1) is 0 Å². The van der Waals surface area contributed by atoms with Crippen molar-refractivity contribution in [1.29, 1.82) is 0 Å². The number of hydrogen-bond acceptors (Lipinski definition) is 6. The van der Waals surface area contributed by atoms with Gasteiger partial charge in [-0.2, -0.15) is 13.2 Å². The Kier molecular flexibility index (Phi) is 9.27. The lowest BCUT2D eigenvalue weighted by molar-refractivity contribution is -0.153. The van der Waals surface area contributed by atoms with Crippen molar-refractivity contribution in [2.45, 2.75) is 19.5 Å². The van der Waals surface area contributed by atoms with Crippen molar-refractivity contribution in [3.8, 4) is 17.1 Å². The molecule has 1 amide bonds. The second-order valence-corrected chi connectivity index (χ2v) is 10.8. The third-order valence-electron chi connectivity index (χ3n) is 7.39. The van der Waals surface area contributed by atoms with Crippen molar-refractivity contribution in [3.05, 3.63) is 93.1 Å². The predicted octanol–water partition coefficient (Wildman–Crippen LogP) is 6.31. The number of fused-ring (bicyclic) bond motifs is 1. The number of alkyl halides is 3. The summed E-state index contributed by atoms with van der Waals surface area (Å²) >= 11 is 6.12. The molecule has 7 nitrogen and oxygen atoms in total. The van der Waals surface area contributed by atoms with Gasteiger partial charge in [0.05, 0.1) is 16.6 Å². The van der Waals surface area contributed by atoms with Gasteiger partial charge >= 0.3 is 6.18 Å². The zero-order chi connectivity index (χ0) is 30.6. The Morgan fingerprint density at radius 3 is 2.49 bits per heavy atom. The molecule has 11 heteroatoms. The molecule has 43 heavy (non-hydrogen) atoms. The van der Waals surface area contributed by atoms with Crippen LogP contribution in [-0.4, -0.2) is 62.9 Å². The van der Waals surface area contributed by atoms with E-state index in [0.717, 1.165) is 12.1 Å². The number of halogens is 4. The molecule has 1 aromatic heterocycles. The number of nitrogens with one attached hydrogen (secondary N) is 1. The molecule has 0 aliphatic carbocycles.